The van der Waals surface area contributed by atoms with Crippen LogP contribution < -0.4 is 10.2 Å². The van der Waals surface area contributed by atoms with Crippen molar-refractivity contribution in [2.45, 2.75) is 13.0 Å². The molecule has 1 atom stereocenters. The molecule has 1 aromatic rings. The first kappa shape index (κ1) is 13.5. The predicted octanol–water partition coefficient (Wildman–Crippen LogP) is 1.19. The number of ether oxygens (including phenoxy) is 1. The van der Waals surface area contributed by atoms with Gasteiger partial charge in [-0.05, 0) is 31.7 Å². The number of rotatable bonds is 5. The summed E-state index contributed by atoms with van der Waals surface area (Å²) in [6.45, 7) is 2.62. The summed E-state index contributed by atoms with van der Waals surface area (Å²) >= 11 is 0. The summed E-state index contributed by atoms with van der Waals surface area (Å²) in [6, 6.07) is 7.85. The van der Waals surface area contributed by atoms with Crippen molar-refractivity contribution in [1.82, 2.24) is 5.32 Å². The van der Waals surface area contributed by atoms with Gasteiger partial charge in [0, 0.05) is 19.3 Å². The Kier molecular flexibility index (Phi) is 4.97. The molecule has 0 saturated heterocycles. The second kappa shape index (κ2) is 6.25. The number of nitrogens with zero attached hydrogens (tertiary/aromatic N) is 1. The van der Waals surface area contributed by atoms with E-state index >= 15 is 0 Å². The van der Waals surface area contributed by atoms with Gasteiger partial charge in [0.05, 0.1) is 7.11 Å². The van der Waals surface area contributed by atoms with Gasteiger partial charge in [-0.2, -0.15) is 0 Å². The maximum absolute atomic E-state index is 11.5. The molecule has 0 aliphatic carbocycles. The Morgan fingerprint density at radius 2 is 2.24 bits per heavy atom. The number of likely N-dealkylation sites (N-methyl/N-ethyl adjacent to an activating group) is 2. The van der Waals surface area contributed by atoms with Gasteiger partial charge < -0.3 is 15.0 Å². The van der Waals surface area contributed by atoms with Crippen LogP contribution in [0, 0.1) is 6.92 Å². The van der Waals surface area contributed by atoms with Crippen LogP contribution >= 0.6 is 0 Å². The third-order valence-corrected chi connectivity index (χ3v) is 2.73. The van der Waals surface area contributed by atoms with E-state index in [1.54, 1.807) is 7.05 Å². The van der Waals surface area contributed by atoms with Gasteiger partial charge >= 0.3 is 5.97 Å². The first-order chi connectivity index (χ1) is 8.08. The van der Waals surface area contributed by atoms with E-state index in [0.29, 0.717) is 6.54 Å². The van der Waals surface area contributed by atoms with E-state index in [-0.39, 0.29) is 12.0 Å². The third kappa shape index (κ3) is 3.75. The van der Waals surface area contributed by atoms with Crippen LogP contribution in [0.15, 0.2) is 24.3 Å². The van der Waals surface area contributed by atoms with E-state index in [1.165, 1.54) is 12.7 Å². The van der Waals surface area contributed by atoms with Crippen LogP contribution in [0.5, 0.6) is 0 Å². The van der Waals surface area contributed by atoms with Crippen molar-refractivity contribution in [2.75, 3.05) is 32.6 Å². The molecule has 94 valence electrons. The maximum Gasteiger partial charge on any atom is 0.324 e. The molecule has 0 fully saturated rings. The summed E-state index contributed by atoms with van der Waals surface area (Å²) in [4.78, 5) is 13.5. The van der Waals surface area contributed by atoms with Crippen molar-refractivity contribution in [3.8, 4) is 0 Å². The summed E-state index contributed by atoms with van der Waals surface area (Å²) in [5.74, 6) is -0.244. The Labute approximate surface area is 103 Å². The number of anilines is 1. The fourth-order valence-corrected chi connectivity index (χ4v) is 1.67. The van der Waals surface area contributed by atoms with Crippen LogP contribution in [0.2, 0.25) is 0 Å². The molecular formula is C13H20N2O2. The third-order valence-electron chi connectivity index (χ3n) is 2.73. The van der Waals surface area contributed by atoms with Gasteiger partial charge in [-0.15, -0.1) is 0 Å². The Balaban J connectivity index is 2.70. The lowest BCUT2D eigenvalue weighted by atomic mass is 10.2. The fourth-order valence-electron chi connectivity index (χ4n) is 1.67. The minimum Gasteiger partial charge on any atom is -0.468 e. The number of benzene rings is 1. The molecule has 0 spiro atoms. The van der Waals surface area contributed by atoms with Crippen LogP contribution in [0.4, 0.5) is 5.69 Å². The summed E-state index contributed by atoms with van der Waals surface area (Å²) in [7, 11) is 5.12. The van der Waals surface area contributed by atoms with Crippen LogP contribution in [-0.4, -0.2) is 39.8 Å². The van der Waals surface area contributed by atoms with Gasteiger partial charge in [-0.1, -0.05) is 12.1 Å². The van der Waals surface area contributed by atoms with Crippen molar-refractivity contribution in [2.24, 2.45) is 0 Å². The topological polar surface area (TPSA) is 41.6 Å². The average Bonchev–Trinajstić information content (AvgIpc) is 2.34. The minimum atomic E-state index is -0.314. The van der Waals surface area contributed by atoms with Gasteiger partial charge in [0.2, 0.25) is 0 Å². The van der Waals surface area contributed by atoms with Crippen molar-refractivity contribution in [1.29, 1.82) is 0 Å². The van der Waals surface area contributed by atoms with Gasteiger partial charge in [0.1, 0.15) is 6.04 Å². The van der Waals surface area contributed by atoms with E-state index < -0.39 is 0 Å². The highest BCUT2D eigenvalue weighted by atomic mass is 16.5. The lowest BCUT2D eigenvalue weighted by molar-refractivity contribution is -0.142. The first-order valence-electron chi connectivity index (χ1n) is 5.61. The monoisotopic (exact) mass is 236 g/mol. The molecule has 1 aromatic carbocycles. The van der Waals surface area contributed by atoms with Gasteiger partial charge in [0.15, 0.2) is 0 Å². The van der Waals surface area contributed by atoms with Crippen LogP contribution in [-0.2, 0) is 9.53 Å². The van der Waals surface area contributed by atoms with Crippen molar-refractivity contribution in [3.63, 3.8) is 0 Å². The molecule has 1 unspecified atom stereocenters. The number of hydrogen-bond acceptors (Lipinski definition) is 4. The smallest absolute Gasteiger partial charge is 0.324 e. The van der Waals surface area contributed by atoms with E-state index in [1.807, 2.05) is 37.1 Å². The molecule has 1 N–H and O–H groups in total. The number of aryl methyl sites for hydroxylation is 1. The second-order valence-corrected chi connectivity index (χ2v) is 4.08. The predicted molar refractivity (Wildman–Crippen MR) is 69.3 cm³/mol. The molecule has 1 rings (SSSR count). The second-order valence-electron chi connectivity index (χ2n) is 4.08. The van der Waals surface area contributed by atoms with Crippen LogP contribution in [0.3, 0.4) is 0 Å². The maximum atomic E-state index is 11.5. The molecule has 0 radical (unpaired) electrons. The zero-order valence-corrected chi connectivity index (χ0v) is 10.9. The van der Waals surface area contributed by atoms with Gasteiger partial charge in [-0.3, -0.25) is 4.79 Å². The number of carbonyl (C=O) groups excluding carboxylic acids is 1. The highest BCUT2D eigenvalue weighted by Gasteiger charge is 2.18. The zero-order valence-electron chi connectivity index (χ0n) is 10.9. The Morgan fingerprint density at radius 3 is 2.76 bits per heavy atom. The van der Waals surface area contributed by atoms with E-state index in [2.05, 4.69) is 11.4 Å². The minimum absolute atomic E-state index is 0.244. The van der Waals surface area contributed by atoms with Gasteiger partial charge in [-0.25, -0.2) is 0 Å². The molecule has 4 nitrogen and oxygen atoms in total. The van der Waals surface area contributed by atoms with Crippen molar-refractivity contribution >= 4 is 11.7 Å². The number of esters is 1. The highest BCUT2D eigenvalue weighted by molar-refractivity contribution is 5.76. The summed E-state index contributed by atoms with van der Waals surface area (Å²) in [5, 5.41) is 2.95. The van der Waals surface area contributed by atoms with E-state index in [0.717, 1.165) is 5.69 Å². The normalized spacial score (nSPS) is 12.0. The molecule has 0 aliphatic heterocycles. The Hall–Kier alpha value is -1.55. The molecular weight excluding hydrogens is 216 g/mol. The molecule has 0 aromatic heterocycles. The molecule has 4 heteroatoms. The quantitative estimate of drug-likeness (QED) is 0.780. The molecule has 0 amide bonds. The van der Waals surface area contributed by atoms with Crippen molar-refractivity contribution < 1.29 is 9.53 Å². The Morgan fingerprint density at radius 1 is 1.53 bits per heavy atom. The number of methoxy groups -OCH3 is 1. The summed E-state index contributed by atoms with van der Waals surface area (Å²) < 4.78 is 4.74. The Bertz CT molecular complexity index is 379. The first-order valence-corrected chi connectivity index (χ1v) is 5.61. The molecule has 17 heavy (non-hydrogen) atoms. The largest absolute Gasteiger partial charge is 0.468 e. The molecule has 0 saturated carbocycles. The zero-order chi connectivity index (χ0) is 12.8. The number of nitrogens with one attached hydrogen (secondary N) is 1. The SMILES string of the molecule is CNC(CN(C)c1cccc(C)c1)C(=O)OC. The van der Waals surface area contributed by atoms with Crippen LogP contribution in [0.1, 0.15) is 5.56 Å². The van der Waals surface area contributed by atoms with E-state index in [4.69, 9.17) is 4.74 Å². The van der Waals surface area contributed by atoms with Crippen molar-refractivity contribution in [3.05, 3.63) is 29.8 Å². The molecule has 0 aliphatic rings. The van der Waals surface area contributed by atoms with E-state index in [9.17, 15) is 4.79 Å². The molecule has 0 bridgehead atoms. The lowest BCUT2D eigenvalue weighted by Gasteiger charge is -2.24. The fraction of sp³-hybridized carbons (Fsp3) is 0.462. The molecule has 0 heterocycles. The average molecular weight is 236 g/mol. The lowest BCUT2D eigenvalue weighted by Crippen LogP contribution is -2.44. The van der Waals surface area contributed by atoms with Crippen LogP contribution in [0.25, 0.3) is 0 Å². The summed E-state index contributed by atoms with van der Waals surface area (Å²) in [6.07, 6.45) is 0. The summed E-state index contributed by atoms with van der Waals surface area (Å²) in [5.41, 5.74) is 2.29. The number of hydrogen-bond donors (Lipinski definition) is 1. The standard InChI is InChI=1S/C13H20N2O2/c1-10-6-5-7-11(8-10)15(3)9-12(14-2)13(16)17-4/h5-8,12,14H,9H2,1-4H3. The number of carbonyl (C=O) groups is 1. The van der Waals surface area contributed by atoms with Gasteiger partial charge in [0.25, 0.3) is 0 Å². The highest BCUT2D eigenvalue weighted by Crippen LogP contribution is 2.14.